The number of fused-ring (bicyclic) bond motifs is 1. The number of Topliss-reactive ketones (excluding diaryl/α,β-unsaturated/α-hetero) is 1. The normalized spacial score (nSPS) is 24.9. The summed E-state index contributed by atoms with van der Waals surface area (Å²) in [5.41, 5.74) is 0.854. The molecule has 2 unspecified atom stereocenters. The van der Waals surface area contributed by atoms with Gasteiger partial charge in [0.1, 0.15) is 6.61 Å². The largest absolute Gasteiger partial charge is 0.459 e. The second-order valence-electron chi connectivity index (χ2n) is 4.75. The summed E-state index contributed by atoms with van der Waals surface area (Å²) in [6, 6.07) is 7.83. The number of rotatable bonds is 3. The van der Waals surface area contributed by atoms with Gasteiger partial charge in [-0.2, -0.15) is 0 Å². The van der Waals surface area contributed by atoms with E-state index in [0.717, 1.165) is 5.56 Å². The van der Waals surface area contributed by atoms with Crippen molar-refractivity contribution in [3.05, 3.63) is 35.9 Å². The number of ketones is 1. The summed E-state index contributed by atoms with van der Waals surface area (Å²) in [7, 11) is 0. The highest BCUT2D eigenvalue weighted by atomic mass is 16.5. The summed E-state index contributed by atoms with van der Waals surface area (Å²) in [5.74, 6) is -0.949. The van der Waals surface area contributed by atoms with E-state index in [1.807, 2.05) is 30.3 Å². The third kappa shape index (κ3) is 1.91. The van der Waals surface area contributed by atoms with E-state index in [-0.39, 0.29) is 24.3 Å². The van der Waals surface area contributed by atoms with Crippen LogP contribution in [0.5, 0.6) is 0 Å². The Hall–Kier alpha value is -2.17. The quantitative estimate of drug-likeness (QED) is 0.591. The van der Waals surface area contributed by atoms with E-state index in [2.05, 4.69) is 0 Å². The molecule has 0 aliphatic carbocycles. The first-order chi connectivity index (χ1) is 9.18. The third-order valence-electron chi connectivity index (χ3n) is 3.58. The zero-order valence-electron chi connectivity index (χ0n) is 10.2. The molecule has 0 bridgehead atoms. The molecule has 98 valence electrons. The minimum Gasteiger partial charge on any atom is -0.459 e. The fourth-order valence-electron chi connectivity index (χ4n) is 2.58. The van der Waals surface area contributed by atoms with Crippen molar-refractivity contribution in [1.82, 2.24) is 4.90 Å². The second-order valence-corrected chi connectivity index (χ2v) is 4.75. The molecule has 1 aromatic carbocycles. The Kier molecular flexibility index (Phi) is 2.81. The van der Waals surface area contributed by atoms with E-state index in [4.69, 9.17) is 4.74 Å². The van der Waals surface area contributed by atoms with Crippen molar-refractivity contribution in [2.24, 2.45) is 0 Å². The van der Waals surface area contributed by atoms with Crippen LogP contribution in [0.2, 0.25) is 0 Å². The summed E-state index contributed by atoms with van der Waals surface area (Å²) in [5, 5.41) is 0. The highest BCUT2D eigenvalue weighted by Gasteiger charge is 2.57. The molecule has 2 heterocycles. The first-order valence-corrected chi connectivity index (χ1v) is 6.24. The second kappa shape index (κ2) is 4.50. The van der Waals surface area contributed by atoms with Crippen LogP contribution in [0.4, 0.5) is 0 Å². The lowest BCUT2D eigenvalue weighted by Crippen LogP contribution is -2.66. The molecule has 2 saturated heterocycles. The van der Waals surface area contributed by atoms with E-state index in [1.54, 1.807) is 0 Å². The predicted molar refractivity (Wildman–Crippen MR) is 64.9 cm³/mol. The van der Waals surface area contributed by atoms with Crippen LogP contribution < -0.4 is 0 Å². The summed E-state index contributed by atoms with van der Waals surface area (Å²) in [6.45, 7) is 0.121. The van der Waals surface area contributed by atoms with Crippen LogP contribution >= 0.6 is 0 Å². The molecule has 2 atom stereocenters. The van der Waals surface area contributed by atoms with Gasteiger partial charge < -0.3 is 9.64 Å². The fraction of sp³-hybridized carbons (Fsp3) is 0.357. The summed E-state index contributed by atoms with van der Waals surface area (Å²) in [4.78, 5) is 36.5. The van der Waals surface area contributed by atoms with Gasteiger partial charge in [0.15, 0.2) is 11.8 Å². The number of hydrogen-bond donors (Lipinski definition) is 0. The summed E-state index contributed by atoms with van der Waals surface area (Å²) in [6.07, 6.45) is 0.874. The maximum Gasteiger partial charge on any atom is 0.337 e. The van der Waals surface area contributed by atoms with E-state index in [1.165, 1.54) is 4.90 Å². The molecular weight excluding hydrogens is 246 g/mol. The molecule has 0 N–H and O–H groups in total. The van der Waals surface area contributed by atoms with Crippen LogP contribution in [0, 0.1) is 0 Å². The molecule has 0 radical (unpaired) electrons. The van der Waals surface area contributed by atoms with Crippen molar-refractivity contribution in [3.8, 4) is 0 Å². The van der Waals surface area contributed by atoms with Gasteiger partial charge in [0.05, 0.1) is 6.04 Å². The first-order valence-electron chi connectivity index (χ1n) is 6.24. The van der Waals surface area contributed by atoms with Gasteiger partial charge in [0, 0.05) is 6.42 Å². The molecular formula is C14H13NO4. The zero-order chi connectivity index (χ0) is 13.4. The highest BCUT2D eigenvalue weighted by molar-refractivity contribution is 6.16. The van der Waals surface area contributed by atoms with Crippen LogP contribution in [0.25, 0.3) is 0 Å². The van der Waals surface area contributed by atoms with Gasteiger partial charge in [0.2, 0.25) is 5.91 Å². The molecule has 0 spiro atoms. The Bertz CT molecular complexity index is 540. The van der Waals surface area contributed by atoms with Gasteiger partial charge in [-0.05, 0) is 12.0 Å². The Morgan fingerprint density at radius 3 is 2.74 bits per heavy atom. The summed E-state index contributed by atoms with van der Waals surface area (Å²) >= 11 is 0. The smallest absolute Gasteiger partial charge is 0.337 e. The maximum absolute atomic E-state index is 11.9. The van der Waals surface area contributed by atoms with Crippen molar-refractivity contribution in [2.45, 2.75) is 31.5 Å². The molecule has 2 aliphatic rings. The van der Waals surface area contributed by atoms with E-state index >= 15 is 0 Å². The van der Waals surface area contributed by atoms with Crippen molar-refractivity contribution in [3.63, 3.8) is 0 Å². The van der Waals surface area contributed by atoms with Gasteiger partial charge in [-0.3, -0.25) is 9.59 Å². The molecule has 0 aromatic heterocycles. The van der Waals surface area contributed by atoms with Crippen LogP contribution in [-0.4, -0.2) is 34.6 Å². The monoisotopic (exact) mass is 259 g/mol. The topological polar surface area (TPSA) is 63.7 Å². The zero-order valence-corrected chi connectivity index (χ0v) is 10.2. The number of hydrogen-bond acceptors (Lipinski definition) is 4. The molecule has 5 nitrogen and oxygen atoms in total. The first kappa shape index (κ1) is 11.9. The number of nitrogens with zero attached hydrogens (tertiary/aromatic N) is 1. The highest BCUT2D eigenvalue weighted by Crippen LogP contribution is 2.33. The third-order valence-corrected chi connectivity index (χ3v) is 3.58. The lowest BCUT2D eigenvalue weighted by Gasteiger charge is -2.40. The Morgan fingerprint density at radius 1 is 1.26 bits per heavy atom. The number of benzene rings is 1. The lowest BCUT2D eigenvalue weighted by molar-refractivity contribution is -0.170. The minimum atomic E-state index is -1.01. The maximum atomic E-state index is 11.9. The molecule has 2 aliphatic heterocycles. The molecule has 0 saturated carbocycles. The number of ether oxygens (including phenoxy) is 1. The number of esters is 1. The minimum absolute atomic E-state index is 0.121. The predicted octanol–water partition coefficient (Wildman–Crippen LogP) is 0.672. The van der Waals surface area contributed by atoms with Crippen molar-refractivity contribution >= 4 is 17.7 Å². The van der Waals surface area contributed by atoms with Crippen molar-refractivity contribution < 1.29 is 19.1 Å². The van der Waals surface area contributed by atoms with Gasteiger partial charge in [0.25, 0.3) is 0 Å². The molecule has 5 heteroatoms. The SMILES string of the molecule is O=C(OCc1ccccc1)C1C(=O)C2CCC(=O)N21. The molecule has 1 amide bonds. The van der Waals surface area contributed by atoms with Crippen molar-refractivity contribution in [2.75, 3.05) is 0 Å². The molecule has 19 heavy (non-hydrogen) atoms. The Labute approximate surface area is 110 Å². The molecule has 1 aromatic rings. The van der Waals surface area contributed by atoms with E-state index in [9.17, 15) is 14.4 Å². The van der Waals surface area contributed by atoms with E-state index < -0.39 is 12.0 Å². The average Bonchev–Trinajstić information content (AvgIpc) is 2.75. The number of carbonyl (C=O) groups excluding carboxylic acids is 3. The van der Waals surface area contributed by atoms with Crippen LogP contribution in [0.15, 0.2) is 30.3 Å². The number of amides is 1. The Balaban J connectivity index is 1.62. The average molecular weight is 259 g/mol. The molecule has 3 rings (SSSR count). The van der Waals surface area contributed by atoms with Crippen LogP contribution in [-0.2, 0) is 25.7 Å². The van der Waals surface area contributed by atoms with Gasteiger partial charge in [-0.1, -0.05) is 30.3 Å². The lowest BCUT2D eigenvalue weighted by atomic mass is 9.92. The standard InChI is InChI=1S/C14H13NO4/c16-11-7-6-10-13(17)12(15(10)11)14(18)19-8-9-4-2-1-3-5-9/h1-5,10,12H,6-8H2. The van der Waals surface area contributed by atoms with Crippen molar-refractivity contribution in [1.29, 1.82) is 0 Å². The van der Waals surface area contributed by atoms with Gasteiger partial charge in [-0.15, -0.1) is 0 Å². The van der Waals surface area contributed by atoms with Gasteiger partial charge in [-0.25, -0.2) is 4.79 Å². The van der Waals surface area contributed by atoms with Crippen LogP contribution in [0.3, 0.4) is 0 Å². The van der Waals surface area contributed by atoms with E-state index in [0.29, 0.717) is 12.8 Å². The fourth-order valence-corrected chi connectivity index (χ4v) is 2.58. The summed E-state index contributed by atoms with van der Waals surface area (Å²) < 4.78 is 5.11. The number of carbonyl (C=O) groups is 3. The molecule has 2 fully saturated rings. The van der Waals surface area contributed by atoms with Gasteiger partial charge >= 0.3 is 5.97 Å². The Morgan fingerprint density at radius 2 is 2.00 bits per heavy atom. The van der Waals surface area contributed by atoms with Crippen LogP contribution in [0.1, 0.15) is 18.4 Å².